The summed E-state index contributed by atoms with van der Waals surface area (Å²) in [5, 5.41) is 13.7. The average Bonchev–Trinajstić information content (AvgIpc) is 1.57. The smallest absolute Gasteiger partial charge is 0.179 e. The summed E-state index contributed by atoms with van der Waals surface area (Å²) < 4.78 is 2.56. The minimum Gasteiger partial charge on any atom is -0.310 e. The number of hydrogen-bond acceptors (Lipinski definition) is 2. The van der Waals surface area contributed by atoms with Gasteiger partial charge in [0.1, 0.15) is 0 Å². The second kappa shape index (κ2) is 23.2. The van der Waals surface area contributed by atoms with E-state index in [1.54, 1.807) is 0 Å². The first-order valence-corrected chi connectivity index (χ1v) is 37.2. The summed E-state index contributed by atoms with van der Waals surface area (Å²) in [4.78, 5) is 4.90. The number of nitrogens with zero attached hydrogens (tertiary/aromatic N) is 3. The van der Waals surface area contributed by atoms with Crippen molar-refractivity contribution < 1.29 is 0 Å². The zero-order valence-electron chi connectivity index (χ0n) is 56.1. The van der Waals surface area contributed by atoms with Crippen molar-refractivity contribution in [2.45, 2.75) is 105 Å². The molecule has 460 valence electrons. The predicted molar refractivity (Wildman–Crippen MR) is 406 cm³/mol. The molecular weight excluding hydrogens is 1160 g/mol. The van der Waals surface area contributed by atoms with Crippen molar-refractivity contribution in [2.75, 3.05) is 9.80 Å². The van der Waals surface area contributed by atoms with Crippen LogP contribution in [0.4, 0.5) is 34.1 Å². The van der Waals surface area contributed by atoms with Gasteiger partial charge in [0.05, 0.1) is 11.0 Å². The Kier molecular flexibility index (Phi) is 15.2. The van der Waals surface area contributed by atoms with Gasteiger partial charge in [0.25, 0.3) is 0 Å². The molecule has 0 fully saturated rings. The monoisotopic (exact) mass is 1240 g/mol. The van der Waals surface area contributed by atoms with E-state index in [0.717, 1.165) is 50.8 Å². The molecule has 93 heavy (non-hydrogen) atoms. The highest BCUT2D eigenvalue weighted by molar-refractivity contribution is 7.32. The lowest BCUT2D eigenvalue weighted by molar-refractivity contribution is 0.590. The zero-order chi connectivity index (χ0) is 64.7. The highest BCUT2D eigenvalue weighted by Crippen LogP contribution is 2.44. The zero-order valence-corrected chi connectivity index (χ0v) is 58.1. The molecule has 0 N–H and O–H groups in total. The van der Waals surface area contributed by atoms with E-state index in [-0.39, 0.29) is 21.7 Å². The number of fused-ring (bicyclic) bond motifs is 5. The van der Waals surface area contributed by atoms with Crippen LogP contribution in [0, 0.1) is 0 Å². The molecular formula is C88H85N3Si2. The fourth-order valence-electron chi connectivity index (χ4n) is 15.0. The van der Waals surface area contributed by atoms with Crippen LogP contribution in [0.5, 0.6) is 0 Å². The Bertz CT molecular complexity index is 4470. The predicted octanol–water partition coefficient (Wildman–Crippen LogP) is 18.0. The minimum atomic E-state index is -3.16. The maximum absolute atomic E-state index is 3.16. The Morgan fingerprint density at radius 1 is 0.237 bits per heavy atom. The second-order valence-corrected chi connectivity index (χ2v) is 37.3. The van der Waals surface area contributed by atoms with Gasteiger partial charge >= 0.3 is 0 Å². The summed E-state index contributed by atoms with van der Waals surface area (Å²) in [5.41, 5.74) is 15.3. The number of hydrogen-bond donors (Lipinski definition) is 0. The molecule has 1 aliphatic heterocycles. The third-order valence-corrected chi connectivity index (χ3v) is 30.1. The molecule has 3 nitrogen and oxygen atoms in total. The normalized spacial score (nSPS) is 13.8. The molecule has 13 aromatic rings. The molecule has 1 aliphatic rings. The maximum atomic E-state index is 2.58. The second-order valence-electron chi connectivity index (χ2n) is 29.8. The topological polar surface area (TPSA) is 11.4 Å². The van der Waals surface area contributed by atoms with Crippen molar-refractivity contribution >= 4 is 114 Å². The van der Waals surface area contributed by atoms with Gasteiger partial charge in [-0.15, -0.1) is 0 Å². The van der Waals surface area contributed by atoms with Crippen LogP contribution in [0.3, 0.4) is 0 Å². The molecule has 12 aromatic carbocycles. The van der Waals surface area contributed by atoms with Crippen molar-refractivity contribution in [1.29, 1.82) is 0 Å². The van der Waals surface area contributed by atoms with Gasteiger partial charge in [0, 0.05) is 50.6 Å². The molecule has 0 radical (unpaired) electrons. The van der Waals surface area contributed by atoms with E-state index in [1.807, 2.05) is 0 Å². The summed E-state index contributed by atoms with van der Waals surface area (Å²) in [7, 11) is -6.09. The van der Waals surface area contributed by atoms with E-state index in [4.69, 9.17) is 0 Å². The molecule has 2 heterocycles. The molecule has 1 aromatic heterocycles. The highest BCUT2D eigenvalue weighted by atomic mass is 28.3. The fraction of sp³-hybridized carbons (Fsp3) is 0.182. The summed E-state index contributed by atoms with van der Waals surface area (Å²) in [6.07, 6.45) is 0. The SMILES string of the molecule is CC(C)(C)c1ccc(N(c2ccc(C(C)(C)C)cc2)c2ccc3c(c2)c2cc(N(c4ccc(C(C)(C)C)cc4)c4ccc(C(C)(C)C)cc4)ccc2n3-c2cccc([Si]3(c4ccccc4)c4ccccc4[Si](c4ccccc4)(c4ccccc4)c4ccccc43)c2)cc1. The molecule has 0 amide bonds. The maximum Gasteiger partial charge on any atom is 0.179 e. The number of aromatic nitrogens is 1. The largest absolute Gasteiger partial charge is 0.310 e. The first-order valence-electron chi connectivity index (χ1n) is 33.2. The van der Waals surface area contributed by atoms with Crippen LogP contribution in [0.15, 0.2) is 297 Å². The Morgan fingerprint density at radius 2 is 0.495 bits per heavy atom. The number of benzene rings is 12. The Labute approximate surface area is 554 Å². The molecule has 0 saturated heterocycles. The lowest BCUT2D eigenvalue weighted by atomic mass is 9.86. The lowest BCUT2D eigenvalue weighted by Gasteiger charge is -2.48. The van der Waals surface area contributed by atoms with Crippen molar-refractivity contribution in [1.82, 2.24) is 4.57 Å². The molecule has 0 atom stereocenters. The molecule has 0 bridgehead atoms. The molecule has 0 aliphatic carbocycles. The van der Waals surface area contributed by atoms with Gasteiger partial charge in [-0.3, -0.25) is 0 Å². The quantitative estimate of drug-likeness (QED) is 0.120. The molecule has 5 heteroatoms. The Balaban J connectivity index is 1.04. The van der Waals surface area contributed by atoms with Crippen molar-refractivity contribution in [3.8, 4) is 5.69 Å². The summed E-state index contributed by atoms with van der Waals surface area (Å²) in [6.45, 7) is 27.5. The van der Waals surface area contributed by atoms with Gasteiger partial charge < -0.3 is 14.4 Å². The van der Waals surface area contributed by atoms with Crippen LogP contribution >= 0.6 is 0 Å². The van der Waals surface area contributed by atoms with Gasteiger partial charge in [-0.2, -0.15) is 0 Å². The number of anilines is 6. The summed E-state index contributed by atoms with van der Waals surface area (Å²) >= 11 is 0. The molecule has 0 saturated carbocycles. The van der Waals surface area contributed by atoms with Crippen LogP contribution in [-0.4, -0.2) is 20.7 Å². The lowest BCUT2D eigenvalue weighted by Crippen LogP contribution is -2.93. The third kappa shape index (κ3) is 10.6. The third-order valence-electron chi connectivity index (χ3n) is 19.8. The minimum absolute atomic E-state index is 0.00817. The molecule has 0 unspecified atom stereocenters. The number of rotatable bonds is 11. The summed E-state index contributed by atoms with van der Waals surface area (Å²) in [6, 6.07) is 115. The van der Waals surface area contributed by atoms with Crippen molar-refractivity contribution in [2.24, 2.45) is 0 Å². The van der Waals surface area contributed by atoms with Gasteiger partial charge in [-0.25, -0.2) is 0 Å². The Morgan fingerprint density at radius 3 is 0.785 bits per heavy atom. The first kappa shape index (κ1) is 61.0. The van der Waals surface area contributed by atoms with Crippen LogP contribution in [0.25, 0.3) is 27.5 Å². The van der Waals surface area contributed by atoms with E-state index in [2.05, 4.69) is 395 Å². The highest BCUT2D eigenvalue weighted by Gasteiger charge is 2.56. The van der Waals surface area contributed by atoms with Crippen LogP contribution in [-0.2, 0) is 21.7 Å². The van der Waals surface area contributed by atoms with Gasteiger partial charge in [-0.05, 0) is 182 Å². The van der Waals surface area contributed by atoms with Gasteiger partial charge in [0.15, 0.2) is 16.1 Å². The van der Waals surface area contributed by atoms with Crippen LogP contribution in [0.2, 0.25) is 0 Å². The van der Waals surface area contributed by atoms with E-state index in [1.165, 1.54) is 74.5 Å². The van der Waals surface area contributed by atoms with E-state index in [9.17, 15) is 0 Å². The van der Waals surface area contributed by atoms with Crippen molar-refractivity contribution in [3.63, 3.8) is 0 Å². The van der Waals surface area contributed by atoms with Gasteiger partial charge in [0.2, 0.25) is 0 Å². The average molecular weight is 1240 g/mol. The Hall–Kier alpha value is -9.53. The van der Waals surface area contributed by atoms with E-state index >= 15 is 0 Å². The van der Waals surface area contributed by atoms with Crippen molar-refractivity contribution in [3.05, 3.63) is 320 Å². The summed E-state index contributed by atoms with van der Waals surface area (Å²) in [5.74, 6) is 0. The van der Waals surface area contributed by atoms with Gasteiger partial charge in [-0.1, -0.05) is 283 Å². The van der Waals surface area contributed by atoms with Crippen LogP contribution < -0.4 is 51.3 Å². The van der Waals surface area contributed by atoms with E-state index in [0.29, 0.717) is 0 Å². The standard InChI is InChI=1S/C88H85N3Si2/c1-85(2,3)62-39-47-66(48-40-62)89(67-49-41-63(42-50-67)86(4,5)6)71-55-57-79-77(60-71)78-61-72(90(68-51-43-64(44-52-68)87(7,8)9)69-53-45-65(46-54-69)88(10,11)12)56-58-80(78)91(79)70-27-26-34-76(59-70)93(75-32-20-15-21-33-75)83-37-24-22-35-81(83)92(73-28-16-13-17-29-73,74-30-18-14-19-31-74)82-36-23-25-38-84(82)93/h13-61H,1-12H3. The van der Waals surface area contributed by atoms with Crippen LogP contribution in [0.1, 0.15) is 105 Å². The fourth-order valence-corrected chi connectivity index (χ4v) is 27.1. The first-order chi connectivity index (χ1) is 44.6. The van der Waals surface area contributed by atoms with E-state index < -0.39 is 16.1 Å². The molecule has 14 rings (SSSR count). The molecule has 0 spiro atoms.